The molecule has 0 unspecified atom stereocenters. The lowest BCUT2D eigenvalue weighted by atomic mass is 10.1. The molecule has 0 radical (unpaired) electrons. The van der Waals surface area contributed by atoms with Crippen LogP contribution < -0.4 is 10.2 Å². The number of piperazine rings is 1. The number of carbonyl (C=O) groups excluding carboxylic acids is 1. The molecule has 1 aliphatic rings. The van der Waals surface area contributed by atoms with Crippen molar-refractivity contribution < 1.29 is 14.7 Å². The van der Waals surface area contributed by atoms with Gasteiger partial charge in [-0.3, -0.25) is 14.5 Å². The third kappa shape index (κ3) is 6.09. The highest BCUT2D eigenvalue weighted by Gasteiger charge is 2.17. The number of nitrogens with zero attached hydrogens (tertiary/aromatic N) is 2. The Morgan fingerprint density at radius 3 is 2.21 bits per heavy atom. The van der Waals surface area contributed by atoms with Gasteiger partial charge >= 0.3 is 5.97 Å². The zero-order valence-electron chi connectivity index (χ0n) is 16.0. The average Bonchev–Trinajstić information content (AvgIpc) is 2.73. The van der Waals surface area contributed by atoms with E-state index in [0.29, 0.717) is 12.8 Å². The summed E-state index contributed by atoms with van der Waals surface area (Å²) < 4.78 is 0. The van der Waals surface area contributed by atoms with Crippen molar-refractivity contribution in [3.05, 3.63) is 60.2 Å². The fraction of sp³-hybridized carbons (Fsp3) is 0.364. The summed E-state index contributed by atoms with van der Waals surface area (Å²) >= 11 is 0. The van der Waals surface area contributed by atoms with Crippen molar-refractivity contribution >= 4 is 23.3 Å². The van der Waals surface area contributed by atoms with E-state index in [0.717, 1.165) is 44.0 Å². The Kier molecular flexibility index (Phi) is 7.03. The molecule has 6 nitrogen and oxygen atoms in total. The Balaban J connectivity index is 1.37. The molecule has 1 amide bonds. The van der Waals surface area contributed by atoms with E-state index in [1.165, 1.54) is 5.69 Å². The zero-order chi connectivity index (χ0) is 19.8. The van der Waals surface area contributed by atoms with Crippen LogP contribution in [0.15, 0.2) is 54.6 Å². The van der Waals surface area contributed by atoms with E-state index in [-0.39, 0.29) is 12.3 Å². The number of carboxylic acids is 1. The Labute approximate surface area is 165 Å². The summed E-state index contributed by atoms with van der Waals surface area (Å²) in [4.78, 5) is 27.5. The number of para-hydroxylation sites is 1. The van der Waals surface area contributed by atoms with E-state index in [1.807, 2.05) is 30.3 Å². The molecule has 2 aromatic rings. The summed E-state index contributed by atoms with van der Waals surface area (Å²) in [7, 11) is 0. The predicted octanol–water partition coefficient (Wildman–Crippen LogP) is 2.85. The van der Waals surface area contributed by atoms with E-state index in [2.05, 4.69) is 39.4 Å². The van der Waals surface area contributed by atoms with Gasteiger partial charge in [0.15, 0.2) is 0 Å². The molecule has 0 saturated carbocycles. The number of benzene rings is 2. The molecule has 0 bridgehead atoms. The first-order chi connectivity index (χ1) is 13.6. The number of carbonyl (C=O) groups is 2. The van der Waals surface area contributed by atoms with Crippen LogP contribution in [0.4, 0.5) is 11.4 Å². The summed E-state index contributed by atoms with van der Waals surface area (Å²) in [5, 5.41) is 11.6. The fourth-order valence-corrected chi connectivity index (χ4v) is 3.36. The first-order valence-corrected chi connectivity index (χ1v) is 9.73. The van der Waals surface area contributed by atoms with Crippen LogP contribution in [0.3, 0.4) is 0 Å². The second-order valence-electron chi connectivity index (χ2n) is 7.05. The van der Waals surface area contributed by atoms with E-state index in [4.69, 9.17) is 5.11 Å². The average molecular weight is 381 g/mol. The number of hydrogen-bond donors (Lipinski definition) is 2. The fourth-order valence-electron chi connectivity index (χ4n) is 3.36. The van der Waals surface area contributed by atoms with Crippen LogP contribution in [-0.2, 0) is 16.0 Å². The van der Waals surface area contributed by atoms with Crippen LogP contribution >= 0.6 is 0 Å². The third-order valence-electron chi connectivity index (χ3n) is 5.01. The summed E-state index contributed by atoms with van der Waals surface area (Å²) in [5.74, 6) is -0.800. The summed E-state index contributed by atoms with van der Waals surface area (Å²) in [6.07, 6.45) is 1.08. The van der Waals surface area contributed by atoms with Gasteiger partial charge in [0.25, 0.3) is 0 Å². The smallest absolute Gasteiger partial charge is 0.303 e. The number of aryl methyl sites for hydroxylation is 1. The number of nitrogens with one attached hydrogen (secondary N) is 1. The maximum absolute atomic E-state index is 12.2. The number of hydrogen-bond acceptors (Lipinski definition) is 4. The van der Waals surface area contributed by atoms with E-state index in [1.54, 1.807) is 0 Å². The van der Waals surface area contributed by atoms with Crippen molar-refractivity contribution in [1.82, 2.24) is 4.90 Å². The maximum atomic E-state index is 12.2. The number of anilines is 2. The third-order valence-corrected chi connectivity index (χ3v) is 5.01. The second kappa shape index (κ2) is 9.90. The molecule has 1 saturated heterocycles. The van der Waals surface area contributed by atoms with Crippen LogP contribution in [0, 0.1) is 0 Å². The lowest BCUT2D eigenvalue weighted by Gasteiger charge is -2.36. The number of carboxylic acid groups (broad SMARTS) is 1. The molecule has 0 aromatic heterocycles. The topological polar surface area (TPSA) is 72.9 Å². The van der Waals surface area contributed by atoms with Crippen LogP contribution in [0.25, 0.3) is 0 Å². The first-order valence-electron chi connectivity index (χ1n) is 9.73. The molecule has 0 atom stereocenters. The van der Waals surface area contributed by atoms with Gasteiger partial charge in [0.1, 0.15) is 0 Å². The van der Waals surface area contributed by atoms with Gasteiger partial charge in [0, 0.05) is 56.9 Å². The van der Waals surface area contributed by atoms with Crippen LogP contribution in [0.2, 0.25) is 0 Å². The van der Waals surface area contributed by atoms with Crippen molar-refractivity contribution in [2.24, 2.45) is 0 Å². The molecular weight excluding hydrogens is 354 g/mol. The highest BCUT2D eigenvalue weighted by molar-refractivity contribution is 5.90. The van der Waals surface area contributed by atoms with Gasteiger partial charge in [-0.05, 0) is 36.2 Å². The van der Waals surface area contributed by atoms with Crippen molar-refractivity contribution in [3.63, 3.8) is 0 Å². The first kappa shape index (κ1) is 19.9. The van der Waals surface area contributed by atoms with Gasteiger partial charge in [0.2, 0.25) is 5.91 Å². The molecule has 1 fully saturated rings. The molecule has 2 aromatic carbocycles. The largest absolute Gasteiger partial charge is 0.481 e. The van der Waals surface area contributed by atoms with Crippen molar-refractivity contribution in [2.45, 2.75) is 19.3 Å². The molecular formula is C22H27N3O3. The van der Waals surface area contributed by atoms with Crippen LogP contribution in [-0.4, -0.2) is 54.6 Å². The van der Waals surface area contributed by atoms with Crippen LogP contribution in [0.1, 0.15) is 18.4 Å². The van der Waals surface area contributed by atoms with Crippen molar-refractivity contribution in [1.29, 1.82) is 0 Å². The monoisotopic (exact) mass is 381 g/mol. The molecule has 148 valence electrons. The lowest BCUT2D eigenvalue weighted by Crippen LogP contribution is -2.47. The normalized spacial score (nSPS) is 14.6. The maximum Gasteiger partial charge on any atom is 0.303 e. The Hall–Kier alpha value is -2.86. The summed E-state index contributed by atoms with van der Waals surface area (Å²) in [6, 6.07) is 17.8. The second-order valence-corrected chi connectivity index (χ2v) is 7.05. The molecule has 0 spiro atoms. The van der Waals surface area contributed by atoms with Gasteiger partial charge in [-0.25, -0.2) is 0 Å². The van der Waals surface area contributed by atoms with Crippen LogP contribution in [0.5, 0.6) is 0 Å². The number of amides is 1. The summed E-state index contributed by atoms with van der Waals surface area (Å²) in [5.41, 5.74) is 2.96. The van der Waals surface area contributed by atoms with Crippen molar-refractivity contribution in [3.8, 4) is 0 Å². The minimum absolute atomic E-state index is 0.00350. The molecule has 0 aliphatic carbocycles. The Morgan fingerprint density at radius 2 is 1.57 bits per heavy atom. The molecule has 2 N–H and O–H groups in total. The molecule has 1 heterocycles. The predicted molar refractivity (Wildman–Crippen MR) is 111 cm³/mol. The highest BCUT2D eigenvalue weighted by Crippen LogP contribution is 2.16. The van der Waals surface area contributed by atoms with E-state index < -0.39 is 5.97 Å². The molecule has 6 heteroatoms. The molecule has 1 aliphatic heterocycles. The van der Waals surface area contributed by atoms with E-state index >= 15 is 0 Å². The minimum Gasteiger partial charge on any atom is -0.481 e. The Bertz CT molecular complexity index is 769. The van der Waals surface area contributed by atoms with Gasteiger partial charge in [-0.15, -0.1) is 0 Å². The SMILES string of the molecule is O=C(O)CCc1ccc(NC(=O)CCN2CCN(c3ccccc3)CC2)cc1. The van der Waals surface area contributed by atoms with Gasteiger partial charge in [0.05, 0.1) is 0 Å². The Morgan fingerprint density at radius 1 is 0.893 bits per heavy atom. The lowest BCUT2D eigenvalue weighted by molar-refractivity contribution is -0.137. The highest BCUT2D eigenvalue weighted by atomic mass is 16.4. The minimum atomic E-state index is -0.804. The van der Waals surface area contributed by atoms with Gasteiger partial charge < -0.3 is 15.3 Å². The van der Waals surface area contributed by atoms with Gasteiger partial charge in [-0.2, -0.15) is 0 Å². The summed E-state index contributed by atoms with van der Waals surface area (Å²) in [6.45, 7) is 4.62. The zero-order valence-corrected chi connectivity index (χ0v) is 16.0. The van der Waals surface area contributed by atoms with E-state index in [9.17, 15) is 9.59 Å². The standard InChI is InChI=1S/C22H27N3O3/c26-21(23-19-9-6-18(7-10-19)8-11-22(27)28)12-13-24-14-16-25(17-15-24)20-4-2-1-3-5-20/h1-7,9-10H,8,11-17H2,(H,23,26)(H,27,28). The molecule has 3 rings (SSSR count). The quantitative estimate of drug-likeness (QED) is 0.736. The van der Waals surface area contributed by atoms with Crippen molar-refractivity contribution in [2.75, 3.05) is 42.9 Å². The molecule has 28 heavy (non-hydrogen) atoms. The number of rotatable bonds is 8. The van der Waals surface area contributed by atoms with Gasteiger partial charge in [-0.1, -0.05) is 30.3 Å². The number of aliphatic carboxylic acids is 1.